The molecule has 0 aromatic heterocycles. The minimum absolute atomic E-state index is 0.105. The third-order valence-corrected chi connectivity index (χ3v) is 5.51. The van der Waals surface area contributed by atoms with E-state index in [-0.39, 0.29) is 11.8 Å². The summed E-state index contributed by atoms with van der Waals surface area (Å²) in [7, 11) is -2.90. The van der Waals surface area contributed by atoms with Crippen molar-refractivity contribution < 1.29 is 8.42 Å². The molecule has 6 heteroatoms. The first-order chi connectivity index (χ1) is 9.85. The van der Waals surface area contributed by atoms with Crippen molar-refractivity contribution in [3.8, 4) is 0 Å². The molecule has 1 unspecified atom stereocenters. The van der Waals surface area contributed by atoms with Crippen LogP contribution in [0.1, 0.15) is 46.0 Å². The van der Waals surface area contributed by atoms with Gasteiger partial charge in [-0.1, -0.05) is 0 Å². The number of hydrogen-bond acceptors (Lipinski definition) is 3. The lowest BCUT2D eigenvalue weighted by molar-refractivity contribution is 0.451. The second-order valence-corrected chi connectivity index (χ2v) is 9.06. The summed E-state index contributed by atoms with van der Waals surface area (Å²) >= 11 is 0. The summed E-state index contributed by atoms with van der Waals surface area (Å²) in [5.41, 5.74) is 0.498. The van der Waals surface area contributed by atoms with Crippen molar-refractivity contribution in [1.82, 2.24) is 10.6 Å². The third-order valence-electron chi connectivity index (χ3n) is 4.54. The van der Waals surface area contributed by atoms with Crippen molar-refractivity contribution >= 4 is 15.8 Å². The lowest BCUT2D eigenvalue weighted by Gasteiger charge is -2.19. The van der Waals surface area contributed by atoms with Crippen molar-refractivity contribution in [3.05, 3.63) is 0 Å². The summed E-state index contributed by atoms with van der Waals surface area (Å²) in [5.74, 6) is 1.95. The van der Waals surface area contributed by atoms with E-state index < -0.39 is 9.84 Å². The lowest BCUT2D eigenvalue weighted by Crippen LogP contribution is -2.43. The molecule has 21 heavy (non-hydrogen) atoms. The third kappa shape index (κ3) is 5.49. The largest absolute Gasteiger partial charge is 0.357 e. The number of nitrogens with zero attached hydrogens (tertiary/aromatic N) is 1. The van der Waals surface area contributed by atoms with Crippen LogP contribution in [0.25, 0.3) is 0 Å². The van der Waals surface area contributed by atoms with E-state index in [9.17, 15) is 8.42 Å². The van der Waals surface area contributed by atoms with Gasteiger partial charge in [0.15, 0.2) is 5.96 Å². The van der Waals surface area contributed by atoms with E-state index in [1.807, 2.05) is 13.8 Å². The number of aliphatic imine (C=N–C) groups is 1. The summed E-state index contributed by atoms with van der Waals surface area (Å²) in [6, 6.07) is 0.105. The van der Waals surface area contributed by atoms with Crippen molar-refractivity contribution in [2.75, 3.05) is 25.1 Å². The highest BCUT2D eigenvalue weighted by atomic mass is 32.2. The Hall–Kier alpha value is -0.780. The van der Waals surface area contributed by atoms with Gasteiger partial charge in [-0.25, -0.2) is 8.42 Å². The van der Waals surface area contributed by atoms with E-state index in [1.54, 1.807) is 0 Å². The van der Waals surface area contributed by atoms with Crippen LogP contribution in [0.2, 0.25) is 0 Å². The highest BCUT2D eigenvalue weighted by Gasteiger charge is 2.53. The monoisotopic (exact) mass is 315 g/mol. The molecule has 0 heterocycles. The van der Waals surface area contributed by atoms with Gasteiger partial charge >= 0.3 is 0 Å². The fraction of sp³-hybridized carbons (Fsp3) is 0.933. The first-order valence-electron chi connectivity index (χ1n) is 8.07. The van der Waals surface area contributed by atoms with Gasteiger partial charge in [-0.05, 0) is 57.3 Å². The highest BCUT2D eigenvalue weighted by molar-refractivity contribution is 7.90. The van der Waals surface area contributed by atoms with Gasteiger partial charge in [-0.2, -0.15) is 0 Å². The van der Waals surface area contributed by atoms with Gasteiger partial charge in [-0.15, -0.1) is 0 Å². The molecule has 2 aliphatic rings. The Labute approximate surface area is 128 Å². The quantitative estimate of drug-likeness (QED) is 0.527. The zero-order valence-electron chi connectivity index (χ0n) is 13.5. The van der Waals surface area contributed by atoms with Crippen LogP contribution in [-0.4, -0.2) is 45.5 Å². The zero-order chi connectivity index (χ0) is 15.5. The first-order valence-corrected chi connectivity index (χ1v) is 10.1. The molecule has 2 saturated carbocycles. The van der Waals surface area contributed by atoms with Gasteiger partial charge in [0.05, 0.1) is 5.75 Å². The van der Waals surface area contributed by atoms with Crippen molar-refractivity contribution in [2.24, 2.45) is 16.3 Å². The molecule has 1 atom stereocenters. The number of nitrogens with one attached hydrogen (secondary N) is 2. The van der Waals surface area contributed by atoms with E-state index in [4.69, 9.17) is 4.99 Å². The van der Waals surface area contributed by atoms with Crippen LogP contribution >= 0.6 is 0 Å². The summed E-state index contributed by atoms with van der Waals surface area (Å²) in [6.45, 7) is 5.78. The Morgan fingerprint density at radius 2 is 2.05 bits per heavy atom. The molecular weight excluding hydrogens is 286 g/mol. The number of guanidine groups is 1. The molecule has 0 radical (unpaired) electrons. The zero-order valence-corrected chi connectivity index (χ0v) is 14.3. The molecular formula is C15H29N3O2S. The molecule has 2 N–H and O–H groups in total. The average Bonchev–Trinajstić information content (AvgIpc) is 3.25. The maximum atomic E-state index is 11.2. The van der Waals surface area contributed by atoms with Gasteiger partial charge in [0.1, 0.15) is 9.84 Å². The Morgan fingerprint density at radius 1 is 1.38 bits per heavy atom. The number of sulfone groups is 1. The van der Waals surface area contributed by atoms with Gasteiger partial charge < -0.3 is 10.6 Å². The Balaban J connectivity index is 1.83. The topological polar surface area (TPSA) is 70.6 Å². The van der Waals surface area contributed by atoms with Crippen LogP contribution in [0.15, 0.2) is 4.99 Å². The summed E-state index contributed by atoms with van der Waals surface area (Å²) in [4.78, 5) is 4.74. The van der Waals surface area contributed by atoms with Crippen LogP contribution < -0.4 is 10.6 Å². The van der Waals surface area contributed by atoms with Gasteiger partial charge in [0, 0.05) is 25.4 Å². The SMILES string of the molecule is CCNC(=NCC1(C2CC2)CC1)NC(C)CCS(C)(=O)=O. The molecule has 5 nitrogen and oxygen atoms in total. The minimum atomic E-state index is -2.90. The molecule has 122 valence electrons. The summed E-state index contributed by atoms with van der Waals surface area (Å²) in [6.07, 6.45) is 7.30. The second kappa shape index (κ2) is 6.55. The lowest BCUT2D eigenvalue weighted by atomic mass is 10.0. The normalized spacial score (nSPS) is 22.7. The molecule has 0 aromatic rings. The Morgan fingerprint density at radius 3 is 2.52 bits per heavy atom. The van der Waals surface area contributed by atoms with Gasteiger partial charge in [-0.3, -0.25) is 4.99 Å². The maximum absolute atomic E-state index is 11.2. The number of rotatable bonds is 8. The van der Waals surface area contributed by atoms with Crippen molar-refractivity contribution in [1.29, 1.82) is 0 Å². The molecule has 0 amide bonds. The first kappa shape index (κ1) is 16.6. The predicted molar refractivity (Wildman–Crippen MR) is 87.3 cm³/mol. The average molecular weight is 315 g/mol. The van der Waals surface area contributed by atoms with Crippen LogP contribution in [0.3, 0.4) is 0 Å². The van der Waals surface area contributed by atoms with E-state index >= 15 is 0 Å². The predicted octanol–water partition coefficient (Wildman–Crippen LogP) is 1.55. The van der Waals surface area contributed by atoms with Crippen LogP contribution in [0, 0.1) is 11.3 Å². The molecule has 0 bridgehead atoms. The number of hydrogen-bond donors (Lipinski definition) is 2. The Kier molecular flexibility index (Phi) is 5.17. The maximum Gasteiger partial charge on any atom is 0.191 e. The van der Waals surface area contributed by atoms with Crippen LogP contribution in [0.4, 0.5) is 0 Å². The second-order valence-electron chi connectivity index (χ2n) is 6.80. The molecule has 0 aromatic carbocycles. The molecule has 2 aliphatic carbocycles. The molecule has 0 spiro atoms. The highest BCUT2D eigenvalue weighted by Crippen LogP contribution is 2.61. The molecule has 0 saturated heterocycles. The van der Waals surface area contributed by atoms with E-state index in [1.165, 1.54) is 31.9 Å². The van der Waals surface area contributed by atoms with E-state index in [0.29, 0.717) is 11.8 Å². The molecule has 2 fully saturated rings. The smallest absolute Gasteiger partial charge is 0.191 e. The van der Waals surface area contributed by atoms with Crippen molar-refractivity contribution in [2.45, 2.75) is 52.0 Å². The van der Waals surface area contributed by atoms with Crippen LogP contribution in [0.5, 0.6) is 0 Å². The standard InChI is InChI=1S/C15H29N3O2S/c1-4-16-14(18-12(2)7-10-21(3,19)20)17-11-15(8-9-15)13-5-6-13/h12-13H,4-11H2,1-3H3,(H2,16,17,18). The van der Waals surface area contributed by atoms with Gasteiger partial charge in [0.2, 0.25) is 0 Å². The minimum Gasteiger partial charge on any atom is -0.357 e. The molecule has 2 rings (SSSR count). The summed E-state index contributed by atoms with van der Waals surface area (Å²) in [5, 5.41) is 6.58. The van der Waals surface area contributed by atoms with Crippen molar-refractivity contribution in [3.63, 3.8) is 0 Å². The Bertz CT molecular complexity index is 479. The fourth-order valence-electron chi connectivity index (χ4n) is 2.80. The van der Waals surface area contributed by atoms with Gasteiger partial charge in [0.25, 0.3) is 0 Å². The molecule has 0 aliphatic heterocycles. The fourth-order valence-corrected chi connectivity index (χ4v) is 3.59. The summed E-state index contributed by atoms with van der Waals surface area (Å²) < 4.78 is 22.4. The van der Waals surface area contributed by atoms with E-state index in [2.05, 4.69) is 10.6 Å². The van der Waals surface area contributed by atoms with Crippen LogP contribution in [-0.2, 0) is 9.84 Å². The van der Waals surface area contributed by atoms with E-state index in [0.717, 1.165) is 25.0 Å².